The fraction of sp³-hybridized carbons (Fsp3) is 0.519. The van der Waals surface area contributed by atoms with Gasteiger partial charge in [-0.15, -0.1) is 4.68 Å². The van der Waals surface area contributed by atoms with E-state index >= 15 is 0 Å². The largest absolute Gasteiger partial charge is 0.274 e. The molecule has 0 bridgehead atoms. The van der Waals surface area contributed by atoms with Crippen molar-refractivity contribution in [3.8, 4) is 17.1 Å². The lowest BCUT2D eigenvalue weighted by molar-refractivity contribution is -0.585. The molecule has 31 heavy (non-hydrogen) atoms. The van der Waals surface area contributed by atoms with Crippen LogP contribution in [0.5, 0.6) is 0 Å². The van der Waals surface area contributed by atoms with Crippen molar-refractivity contribution in [2.45, 2.75) is 87.1 Å². The zero-order chi connectivity index (χ0) is 23.0. The van der Waals surface area contributed by atoms with Crippen molar-refractivity contribution in [3.63, 3.8) is 0 Å². The molecule has 4 heteroatoms. The zero-order valence-corrected chi connectivity index (χ0v) is 20.9. The molecule has 0 saturated heterocycles. The maximum Gasteiger partial charge on any atom is 0.274 e. The van der Waals surface area contributed by atoms with Gasteiger partial charge in [0.25, 0.3) is 12.2 Å². The van der Waals surface area contributed by atoms with E-state index in [4.69, 9.17) is 5.10 Å². The van der Waals surface area contributed by atoms with E-state index < -0.39 is 0 Å². The lowest BCUT2D eigenvalue weighted by Gasteiger charge is -2.31. The van der Waals surface area contributed by atoms with Crippen LogP contribution < -0.4 is 4.57 Å². The number of aryl methyl sites for hydroxylation is 2. The molecular formula is C27H39N4+. The normalized spacial score (nSPS) is 17.5. The average Bonchev–Trinajstić information content (AvgIpc) is 3.11. The highest BCUT2D eigenvalue weighted by atomic mass is 15.4. The van der Waals surface area contributed by atoms with Crippen LogP contribution in [0, 0.1) is 19.3 Å². The Bertz CT molecular complexity index is 1050. The van der Waals surface area contributed by atoms with Crippen molar-refractivity contribution in [2.75, 3.05) is 0 Å². The van der Waals surface area contributed by atoms with E-state index in [0.717, 1.165) is 25.2 Å². The summed E-state index contributed by atoms with van der Waals surface area (Å²) in [6, 6.07) is 6.87. The first-order chi connectivity index (χ1) is 14.6. The summed E-state index contributed by atoms with van der Waals surface area (Å²) in [5.41, 5.74) is 8.14. The highest BCUT2D eigenvalue weighted by Crippen LogP contribution is 2.40. The van der Waals surface area contributed by atoms with Gasteiger partial charge in [0, 0.05) is 22.9 Å². The lowest BCUT2D eigenvalue weighted by Crippen LogP contribution is -2.40. The summed E-state index contributed by atoms with van der Waals surface area (Å²) in [6.07, 6.45) is 8.05. The molecule has 0 spiro atoms. The summed E-state index contributed by atoms with van der Waals surface area (Å²) in [6.45, 7) is 20.8. The van der Waals surface area contributed by atoms with Crippen LogP contribution in [0.15, 0.2) is 36.9 Å². The Labute approximate surface area is 188 Å². The minimum atomic E-state index is 0.0791. The molecular weight excluding hydrogens is 380 g/mol. The minimum Gasteiger partial charge on any atom is -0.264 e. The van der Waals surface area contributed by atoms with E-state index in [1.165, 1.54) is 33.5 Å². The highest BCUT2D eigenvalue weighted by molar-refractivity contribution is 5.62. The molecule has 1 aliphatic heterocycles. The summed E-state index contributed by atoms with van der Waals surface area (Å²) in [7, 11) is 0. The van der Waals surface area contributed by atoms with E-state index in [1.807, 2.05) is 32.6 Å². The molecule has 1 unspecified atom stereocenters. The van der Waals surface area contributed by atoms with Crippen LogP contribution in [0.1, 0.15) is 77.1 Å². The van der Waals surface area contributed by atoms with Gasteiger partial charge in [0.05, 0.1) is 5.56 Å². The number of aromatic nitrogens is 4. The maximum absolute atomic E-state index is 4.79. The van der Waals surface area contributed by atoms with Gasteiger partial charge in [-0.3, -0.25) is 4.98 Å². The molecule has 0 radical (unpaired) electrons. The number of pyridine rings is 1. The van der Waals surface area contributed by atoms with Crippen molar-refractivity contribution in [2.24, 2.45) is 5.41 Å². The van der Waals surface area contributed by atoms with Crippen molar-refractivity contribution < 1.29 is 4.57 Å². The molecule has 2 aromatic heterocycles. The molecule has 0 N–H and O–H groups in total. The number of benzene rings is 1. The molecule has 3 heterocycles. The average molecular weight is 420 g/mol. The van der Waals surface area contributed by atoms with Gasteiger partial charge < -0.3 is 0 Å². The number of hydrogen-bond donors (Lipinski definition) is 0. The summed E-state index contributed by atoms with van der Waals surface area (Å²) < 4.78 is 4.43. The number of fused-ring (bicyclic) bond motifs is 3. The predicted octanol–water partition coefficient (Wildman–Crippen LogP) is 6.13. The molecule has 0 fully saturated rings. The third-order valence-electron chi connectivity index (χ3n) is 6.30. The number of nitrogens with zero attached hydrogens (tertiary/aromatic N) is 4. The van der Waals surface area contributed by atoms with Crippen molar-refractivity contribution in [1.82, 2.24) is 14.8 Å². The lowest BCUT2D eigenvalue weighted by atomic mass is 9.76. The monoisotopic (exact) mass is 419 g/mol. The zero-order valence-electron chi connectivity index (χ0n) is 20.9. The van der Waals surface area contributed by atoms with Crippen LogP contribution in [0.4, 0.5) is 0 Å². The molecule has 0 amide bonds. The van der Waals surface area contributed by atoms with Crippen LogP contribution in [0.3, 0.4) is 0 Å². The first-order valence-electron chi connectivity index (χ1n) is 11.7. The van der Waals surface area contributed by atoms with E-state index in [0.29, 0.717) is 0 Å². The second-order valence-electron chi connectivity index (χ2n) is 10.1. The molecule has 1 aromatic carbocycles. The van der Waals surface area contributed by atoms with Gasteiger partial charge >= 0.3 is 0 Å². The Kier molecular flexibility index (Phi) is 6.40. The Morgan fingerprint density at radius 2 is 1.77 bits per heavy atom. The van der Waals surface area contributed by atoms with E-state index in [2.05, 4.69) is 80.9 Å². The van der Waals surface area contributed by atoms with Gasteiger partial charge in [-0.2, -0.15) is 4.57 Å². The SMILES string of the molecule is CC.CCC1(C)Cn2nc[n+](-c3c(C)cc(CC(C)(C)C)cc3C)c2-c2cnccc21. The van der Waals surface area contributed by atoms with E-state index in [9.17, 15) is 0 Å². The summed E-state index contributed by atoms with van der Waals surface area (Å²) in [5.74, 6) is 1.13. The van der Waals surface area contributed by atoms with Gasteiger partial charge in [0.1, 0.15) is 12.2 Å². The van der Waals surface area contributed by atoms with Gasteiger partial charge in [0.2, 0.25) is 0 Å². The van der Waals surface area contributed by atoms with E-state index in [1.54, 1.807) is 0 Å². The van der Waals surface area contributed by atoms with Crippen molar-refractivity contribution >= 4 is 0 Å². The quantitative estimate of drug-likeness (QED) is 0.478. The smallest absolute Gasteiger partial charge is 0.264 e. The molecule has 4 rings (SSSR count). The third-order valence-corrected chi connectivity index (χ3v) is 6.30. The molecule has 3 aromatic rings. The standard InChI is InChI=1S/C25H33N4.C2H6/c1-8-25(7)15-29-23(20-14-26-10-9-21(20)25)28(16-27-29)22-17(2)11-19(12-18(22)3)13-24(4,5)6;1-2/h9-12,14,16H,8,13,15H2,1-7H3;1-2H3/q+1;. The fourth-order valence-electron chi connectivity index (χ4n) is 4.85. The fourth-order valence-corrected chi connectivity index (χ4v) is 4.85. The number of hydrogen-bond acceptors (Lipinski definition) is 2. The van der Waals surface area contributed by atoms with Crippen molar-refractivity contribution in [3.05, 3.63) is 59.2 Å². The molecule has 166 valence electrons. The van der Waals surface area contributed by atoms with Crippen LogP contribution in [-0.4, -0.2) is 14.8 Å². The summed E-state index contributed by atoms with van der Waals surface area (Å²) in [4.78, 5) is 4.46. The molecule has 0 saturated carbocycles. The van der Waals surface area contributed by atoms with E-state index in [-0.39, 0.29) is 10.8 Å². The number of rotatable bonds is 3. The summed E-state index contributed by atoms with van der Waals surface area (Å²) >= 11 is 0. The van der Waals surface area contributed by atoms with Crippen molar-refractivity contribution in [1.29, 1.82) is 0 Å². The topological polar surface area (TPSA) is 34.6 Å². The minimum absolute atomic E-state index is 0.0791. The second-order valence-corrected chi connectivity index (χ2v) is 10.1. The van der Waals surface area contributed by atoms with Crippen LogP contribution >= 0.6 is 0 Å². The molecule has 1 atom stereocenters. The van der Waals surface area contributed by atoms with Crippen LogP contribution in [-0.2, 0) is 18.4 Å². The van der Waals surface area contributed by atoms with Gasteiger partial charge in [-0.05, 0) is 60.4 Å². The van der Waals surface area contributed by atoms with Crippen LogP contribution in [0.25, 0.3) is 17.1 Å². The Balaban J connectivity index is 0.00000132. The summed E-state index contributed by atoms with van der Waals surface area (Å²) in [5, 5.41) is 4.79. The Hall–Kier alpha value is -2.49. The van der Waals surface area contributed by atoms with Gasteiger partial charge in [0.15, 0.2) is 0 Å². The van der Waals surface area contributed by atoms with Gasteiger partial charge in [-0.25, -0.2) is 0 Å². The Morgan fingerprint density at radius 3 is 2.35 bits per heavy atom. The van der Waals surface area contributed by atoms with Gasteiger partial charge in [-0.1, -0.05) is 60.6 Å². The Morgan fingerprint density at radius 1 is 1.13 bits per heavy atom. The first-order valence-corrected chi connectivity index (χ1v) is 11.7. The second kappa shape index (κ2) is 8.57. The first kappa shape index (κ1) is 23.2. The molecule has 4 nitrogen and oxygen atoms in total. The predicted molar refractivity (Wildman–Crippen MR) is 129 cm³/mol. The molecule has 0 aliphatic carbocycles. The maximum atomic E-state index is 4.79. The highest BCUT2D eigenvalue weighted by Gasteiger charge is 2.40. The van der Waals surface area contributed by atoms with Crippen LogP contribution in [0.2, 0.25) is 0 Å². The molecule has 1 aliphatic rings. The third kappa shape index (κ3) is 4.30.